The maximum atomic E-state index is 5.42. The van der Waals surface area contributed by atoms with Gasteiger partial charge in [-0.1, -0.05) is 122 Å². The van der Waals surface area contributed by atoms with Crippen molar-refractivity contribution in [2.45, 2.75) is 33.7 Å². The van der Waals surface area contributed by atoms with Crippen LogP contribution in [0.2, 0.25) is 0 Å². The lowest BCUT2D eigenvalue weighted by atomic mass is 9.89. The molecule has 1 aliphatic rings. The van der Waals surface area contributed by atoms with E-state index in [0.29, 0.717) is 0 Å². The molecule has 0 saturated carbocycles. The van der Waals surface area contributed by atoms with Gasteiger partial charge in [0.05, 0.1) is 39.5 Å². The van der Waals surface area contributed by atoms with Gasteiger partial charge in [-0.05, 0) is 128 Å². The predicted octanol–water partition coefficient (Wildman–Crippen LogP) is 15.8. The Morgan fingerprint density at radius 1 is 0.606 bits per heavy atom. The molecule has 0 spiro atoms. The Labute approximate surface area is 387 Å². The number of fused-ring (bicyclic) bond motifs is 6. The Morgan fingerprint density at radius 3 is 2.03 bits per heavy atom. The van der Waals surface area contributed by atoms with Crippen molar-refractivity contribution in [2.24, 2.45) is 7.05 Å². The molecule has 0 N–H and O–H groups in total. The van der Waals surface area contributed by atoms with Crippen LogP contribution in [0, 0.1) is 6.92 Å². The van der Waals surface area contributed by atoms with Gasteiger partial charge in [-0.25, -0.2) is 4.98 Å². The summed E-state index contributed by atoms with van der Waals surface area (Å²) in [5.74, 6) is 0. The van der Waals surface area contributed by atoms with Crippen LogP contribution in [0.3, 0.4) is 0 Å². The summed E-state index contributed by atoms with van der Waals surface area (Å²) in [7, 11) is 4.27. The van der Waals surface area contributed by atoms with Crippen LogP contribution in [0.4, 0.5) is 0 Å². The fraction of sp³-hybridized carbons (Fsp3) is 0.115. The van der Waals surface area contributed by atoms with Crippen LogP contribution in [0.1, 0.15) is 49.3 Å². The summed E-state index contributed by atoms with van der Waals surface area (Å²) in [6.07, 6.45) is 13.1. The van der Waals surface area contributed by atoms with E-state index in [-0.39, 0.29) is 6.04 Å². The minimum absolute atomic E-state index is 0.00660. The number of aromatic nitrogens is 4. The Bertz CT molecular complexity index is 3600. The van der Waals surface area contributed by atoms with Gasteiger partial charge in [-0.15, -0.1) is 0 Å². The lowest BCUT2D eigenvalue weighted by Crippen LogP contribution is -2.22. The predicted molar refractivity (Wildman–Crippen MR) is 282 cm³/mol. The van der Waals surface area contributed by atoms with Crippen LogP contribution in [-0.4, -0.2) is 31.0 Å². The molecule has 0 fully saturated rings. The van der Waals surface area contributed by atoms with E-state index in [1.54, 1.807) is 0 Å². The van der Waals surface area contributed by atoms with Gasteiger partial charge in [0.1, 0.15) is 0 Å². The van der Waals surface area contributed by atoms with Gasteiger partial charge in [0, 0.05) is 75.3 Å². The van der Waals surface area contributed by atoms with Crippen LogP contribution in [-0.2, 0) is 7.05 Å². The zero-order chi connectivity index (χ0) is 45.5. The second-order valence-corrected chi connectivity index (χ2v) is 17.2. The normalized spacial score (nSPS) is 14.3. The van der Waals surface area contributed by atoms with Crippen molar-refractivity contribution in [1.82, 2.24) is 24.0 Å². The number of pyridine rings is 2. The maximum Gasteiger partial charge on any atom is 0.0894 e. The highest BCUT2D eigenvalue weighted by Crippen LogP contribution is 2.41. The molecule has 0 radical (unpaired) electrons. The number of likely N-dealkylation sites (N-methyl/N-ethyl adjacent to an activating group) is 1. The summed E-state index contributed by atoms with van der Waals surface area (Å²) in [5, 5.41) is 5.93. The van der Waals surface area contributed by atoms with E-state index in [0.717, 1.165) is 61.3 Å². The van der Waals surface area contributed by atoms with Gasteiger partial charge in [0.25, 0.3) is 0 Å². The van der Waals surface area contributed by atoms with Crippen molar-refractivity contribution in [2.75, 3.05) is 7.05 Å². The van der Waals surface area contributed by atoms with Crippen molar-refractivity contribution in [3.63, 3.8) is 0 Å². The molecule has 0 bridgehead atoms. The Morgan fingerprint density at radius 2 is 1.27 bits per heavy atom. The van der Waals surface area contributed by atoms with E-state index in [4.69, 9.17) is 9.97 Å². The van der Waals surface area contributed by atoms with Crippen LogP contribution >= 0.6 is 0 Å². The third-order valence-corrected chi connectivity index (χ3v) is 13.2. The Balaban J connectivity index is 0.000000791. The highest BCUT2D eigenvalue weighted by atomic mass is 15.1. The van der Waals surface area contributed by atoms with Gasteiger partial charge in [-0.3, -0.25) is 4.98 Å². The summed E-state index contributed by atoms with van der Waals surface area (Å²) in [6.45, 7) is 12.7. The zero-order valence-corrected chi connectivity index (χ0v) is 38.5. The molecule has 1 aliphatic heterocycles. The van der Waals surface area contributed by atoms with Crippen LogP contribution in [0.15, 0.2) is 200 Å². The van der Waals surface area contributed by atoms with E-state index < -0.39 is 0 Å². The van der Waals surface area contributed by atoms with E-state index in [1.807, 2.05) is 42.5 Å². The average molecular weight is 856 g/mol. The Kier molecular flexibility index (Phi) is 11.1. The lowest BCUT2D eigenvalue weighted by molar-refractivity contribution is 0.384. The van der Waals surface area contributed by atoms with E-state index in [2.05, 4.69) is 214 Å². The SMILES string of the molecule is C=Cc1c(C)c2cc(-c3ccc4nc(-c5ccc6c(c5)c5ccccc5n6C(/C=C\C)=C/C)cc(C5=CN(C)C(c6ccc7ccccc7n6)C=C5C)c4c3)ccc2n1C.c1ccccc1. The molecule has 1 atom stereocenters. The second-order valence-electron chi connectivity index (χ2n) is 17.2. The van der Waals surface area contributed by atoms with Gasteiger partial charge in [-0.2, -0.15) is 0 Å². The molecule has 5 heteroatoms. The van der Waals surface area contributed by atoms with Gasteiger partial charge in [0.15, 0.2) is 0 Å². The molecule has 4 aromatic heterocycles. The number of allylic oxidation sites excluding steroid dienone is 6. The first-order chi connectivity index (χ1) is 32.3. The number of aryl methyl sites for hydroxylation is 2. The first kappa shape index (κ1) is 42.0. The minimum atomic E-state index is 0.00660. The minimum Gasteiger partial charge on any atom is -0.368 e. The van der Waals surface area contributed by atoms with E-state index in [9.17, 15) is 0 Å². The second kappa shape index (κ2) is 17.5. The molecule has 0 amide bonds. The largest absolute Gasteiger partial charge is 0.368 e. The van der Waals surface area contributed by atoms with Crippen molar-refractivity contribution in [3.05, 3.63) is 223 Å². The van der Waals surface area contributed by atoms with Crippen molar-refractivity contribution < 1.29 is 0 Å². The fourth-order valence-electron chi connectivity index (χ4n) is 9.81. The molecule has 5 heterocycles. The standard InChI is InChI=1S/C55H47N5.C6H6/c1-8-15-40(9-2)60-53-19-14-12-17-41(53)45-31-39(23-27-54(45)60)50-32-43(46-33-58(6)55(28-34(46)4)49-25-20-36-16-11-13-18-47(36)56-49)44-30-37(21-24-48(44)57-50)38-22-26-52-42(29-38)35(5)51(10-3)59(52)7;1-2-4-6-5-3-1/h8-33,55H,3H2,1-2,4-7H3;1-6H/b15-8-,40-9+;. The van der Waals surface area contributed by atoms with Crippen LogP contribution in [0.25, 0.3) is 94.2 Å². The monoisotopic (exact) mass is 855 g/mol. The highest BCUT2D eigenvalue weighted by molar-refractivity contribution is 6.12. The van der Waals surface area contributed by atoms with Crippen molar-refractivity contribution >= 4 is 71.9 Å². The number of para-hydroxylation sites is 2. The molecule has 0 aliphatic carbocycles. The number of hydrogen-bond acceptors (Lipinski definition) is 3. The summed E-state index contributed by atoms with van der Waals surface area (Å²) in [4.78, 5) is 12.8. The molecule has 66 heavy (non-hydrogen) atoms. The molecular weight excluding hydrogens is 803 g/mol. The summed E-state index contributed by atoms with van der Waals surface area (Å²) >= 11 is 0. The topological polar surface area (TPSA) is 38.9 Å². The van der Waals surface area contributed by atoms with Crippen molar-refractivity contribution in [3.8, 4) is 22.4 Å². The lowest BCUT2D eigenvalue weighted by Gasteiger charge is -2.31. The van der Waals surface area contributed by atoms with Gasteiger partial charge in [0.2, 0.25) is 0 Å². The van der Waals surface area contributed by atoms with E-state index >= 15 is 0 Å². The first-order valence-corrected chi connectivity index (χ1v) is 22.7. The maximum absolute atomic E-state index is 5.42. The number of nitrogens with zero attached hydrogens (tertiary/aromatic N) is 5. The van der Waals surface area contributed by atoms with Gasteiger partial charge < -0.3 is 14.0 Å². The third-order valence-electron chi connectivity index (χ3n) is 13.2. The molecule has 5 nitrogen and oxygen atoms in total. The molecular formula is C61H53N5. The number of benzene rings is 6. The molecule has 6 aromatic carbocycles. The smallest absolute Gasteiger partial charge is 0.0894 e. The fourth-order valence-corrected chi connectivity index (χ4v) is 9.81. The molecule has 0 saturated heterocycles. The van der Waals surface area contributed by atoms with Crippen molar-refractivity contribution in [1.29, 1.82) is 0 Å². The number of rotatable bonds is 7. The first-order valence-electron chi connectivity index (χ1n) is 22.7. The van der Waals surface area contributed by atoms with Crippen LogP contribution in [0.5, 0.6) is 0 Å². The zero-order valence-electron chi connectivity index (χ0n) is 38.5. The average Bonchev–Trinajstić information content (AvgIpc) is 3.82. The third kappa shape index (κ3) is 7.42. The highest BCUT2D eigenvalue weighted by Gasteiger charge is 2.24. The van der Waals surface area contributed by atoms with E-state index in [1.165, 1.54) is 55.0 Å². The summed E-state index contributed by atoms with van der Waals surface area (Å²) in [6, 6.07) is 56.0. The molecule has 10 aromatic rings. The van der Waals surface area contributed by atoms with Gasteiger partial charge >= 0.3 is 0 Å². The number of hydrogen-bond donors (Lipinski definition) is 0. The molecule has 322 valence electrons. The summed E-state index contributed by atoms with van der Waals surface area (Å²) < 4.78 is 4.59. The Hall–Kier alpha value is -8.02. The summed E-state index contributed by atoms with van der Waals surface area (Å²) in [5.41, 5.74) is 18.0. The quantitative estimate of drug-likeness (QED) is 0.150. The van der Waals surface area contributed by atoms with Crippen LogP contribution < -0.4 is 0 Å². The molecule has 11 rings (SSSR count). The molecule has 1 unspecified atom stereocenters.